The van der Waals surface area contributed by atoms with Crippen LogP contribution in [0, 0.1) is 6.92 Å². The van der Waals surface area contributed by atoms with Crippen molar-refractivity contribution in [3.63, 3.8) is 0 Å². The summed E-state index contributed by atoms with van der Waals surface area (Å²) in [6.45, 7) is 6.03. The first kappa shape index (κ1) is 13.7. The van der Waals surface area contributed by atoms with Crippen LogP contribution < -0.4 is 0 Å². The van der Waals surface area contributed by atoms with E-state index in [-0.39, 0.29) is 5.15 Å². The minimum atomic E-state index is 0.199. The number of hydrogen-bond donors (Lipinski definition) is 0. The largest absolute Gasteiger partial charge is 0.298 e. The van der Waals surface area contributed by atoms with Gasteiger partial charge < -0.3 is 0 Å². The fourth-order valence-electron chi connectivity index (χ4n) is 1.90. The Morgan fingerprint density at radius 2 is 1.79 bits per heavy atom. The van der Waals surface area contributed by atoms with Gasteiger partial charge in [0.1, 0.15) is 11.0 Å². The zero-order chi connectivity index (χ0) is 14.0. The van der Waals surface area contributed by atoms with E-state index < -0.39 is 0 Å². The summed E-state index contributed by atoms with van der Waals surface area (Å²) in [5, 5.41) is 0.199. The van der Waals surface area contributed by atoms with Crippen LogP contribution >= 0.6 is 11.6 Å². The molecule has 1 aromatic carbocycles. The third-order valence-corrected chi connectivity index (χ3v) is 3.27. The number of halogens is 1. The molecule has 0 saturated carbocycles. The van der Waals surface area contributed by atoms with Crippen LogP contribution in [0.25, 0.3) is 11.3 Å². The number of nitrogens with zero attached hydrogens (tertiary/aromatic N) is 2. The maximum Gasteiger partial charge on any atom is 0.155 e. The molecule has 4 heteroatoms. The molecular weight excluding hydrogens is 260 g/mol. The highest BCUT2D eigenvalue weighted by Gasteiger charge is 2.13. The number of carbonyl (C=O) groups excluding carboxylic acids is 1. The zero-order valence-electron chi connectivity index (χ0n) is 11.1. The molecule has 0 saturated heterocycles. The minimum Gasteiger partial charge on any atom is -0.298 e. The van der Waals surface area contributed by atoms with E-state index in [1.807, 2.05) is 24.3 Å². The second-order valence-corrected chi connectivity index (χ2v) is 5.08. The van der Waals surface area contributed by atoms with Crippen molar-refractivity contribution in [2.75, 3.05) is 0 Å². The van der Waals surface area contributed by atoms with Crippen molar-refractivity contribution < 1.29 is 4.79 Å². The normalized spacial score (nSPS) is 10.8. The molecule has 2 aromatic rings. The van der Waals surface area contributed by atoms with E-state index in [1.165, 1.54) is 5.56 Å². The lowest BCUT2D eigenvalue weighted by atomic mass is 10.00. The fourth-order valence-corrected chi connectivity index (χ4v) is 2.15. The Morgan fingerprint density at radius 3 is 2.32 bits per heavy atom. The molecule has 0 unspecified atom stereocenters. The molecule has 19 heavy (non-hydrogen) atoms. The van der Waals surface area contributed by atoms with E-state index in [0.717, 1.165) is 5.56 Å². The van der Waals surface area contributed by atoms with Crippen LogP contribution in [0.1, 0.15) is 41.5 Å². The molecule has 0 atom stereocenters. The van der Waals surface area contributed by atoms with Gasteiger partial charge in [0, 0.05) is 5.56 Å². The van der Waals surface area contributed by atoms with E-state index in [0.29, 0.717) is 29.3 Å². The zero-order valence-corrected chi connectivity index (χ0v) is 11.9. The average molecular weight is 275 g/mol. The standard InChI is InChI=1S/C15H15ClN2O/c1-9(2)11-4-6-12(7-5-11)14-13(8-19)15(16)18-10(3)17-14/h4-9H,1-3H3. The quantitative estimate of drug-likeness (QED) is 0.627. The summed E-state index contributed by atoms with van der Waals surface area (Å²) in [7, 11) is 0. The van der Waals surface area contributed by atoms with Crippen LogP contribution in [0.4, 0.5) is 0 Å². The molecule has 0 radical (unpaired) electrons. The Balaban J connectivity index is 2.55. The van der Waals surface area contributed by atoms with Crippen molar-refractivity contribution >= 4 is 17.9 Å². The van der Waals surface area contributed by atoms with Gasteiger partial charge in [0.2, 0.25) is 0 Å². The first-order valence-electron chi connectivity index (χ1n) is 6.12. The summed E-state index contributed by atoms with van der Waals surface area (Å²) in [6.07, 6.45) is 0.702. The molecule has 0 amide bonds. The van der Waals surface area contributed by atoms with Gasteiger partial charge in [0.25, 0.3) is 0 Å². The van der Waals surface area contributed by atoms with Gasteiger partial charge >= 0.3 is 0 Å². The summed E-state index contributed by atoms with van der Waals surface area (Å²) in [6, 6.07) is 8.00. The van der Waals surface area contributed by atoms with Gasteiger partial charge in [-0.3, -0.25) is 4.79 Å². The molecule has 3 nitrogen and oxygen atoms in total. The Morgan fingerprint density at radius 1 is 1.16 bits per heavy atom. The SMILES string of the molecule is Cc1nc(Cl)c(C=O)c(-c2ccc(C(C)C)cc2)n1. The van der Waals surface area contributed by atoms with Crippen LogP contribution in [0.15, 0.2) is 24.3 Å². The van der Waals surface area contributed by atoms with Gasteiger partial charge in [0.05, 0.1) is 11.3 Å². The number of benzene rings is 1. The van der Waals surface area contributed by atoms with E-state index in [9.17, 15) is 4.79 Å². The number of aryl methyl sites for hydroxylation is 1. The van der Waals surface area contributed by atoms with Crippen molar-refractivity contribution in [3.8, 4) is 11.3 Å². The summed E-state index contributed by atoms with van der Waals surface area (Å²) >= 11 is 5.98. The lowest BCUT2D eigenvalue weighted by Gasteiger charge is -2.09. The lowest BCUT2D eigenvalue weighted by Crippen LogP contribution is -1.99. The number of hydrogen-bond acceptors (Lipinski definition) is 3. The maximum atomic E-state index is 11.1. The van der Waals surface area contributed by atoms with Crippen molar-refractivity contribution in [2.45, 2.75) is 26.7 Å². The predicted octanol–water partition coefficient (Wildman–Crippen LogP) is 4.04. The molecular formula is C15H15ClN2O. The fraction of sp³-hybridized carbons (Fsp3) is 0.267. The molecule has 1 heterocycles. The number of aromatic nitrogens is 2. The Hall–Kier alpha value is -1.74. The predicted molar refractivity (Wildman–Crippen MR) is 76.7 cm³/mol. The van der Waals surface area contributed by atoms with Crippen LogP contribution in [-0.4, -0.2) is 16.3 Å². The molecule has 0 spiro atoms. The Bertz CT molecular complexity index is 606. The van der Waals surface area contributed by atoms with Crippen LogP contribution in [0.5, 0.6) is 0 Å². The molecule has 0 fully saturated rings. The summed E-state index contributed by atoms with van der Waals surface area (Å²) in [4.78, 5) is 19.5. The van der Waals surface area contributed by atoms with E-state index >= 15 is 0 Å². The second kappa shape index (κ2) is 5.49. The molecule has 0 bridgehead atoms. The van der Waals surface area contributed by atoms with E-state index in [1.54, 1.807) is 6.92 Å². The van der Waals surface area contributed by atoms with Gasteiger partial charge in [-0.1, -0.05) is 49.7 Å². The highest BCUT2D eigenvalue weighted by Crippen LogP contribution is 2.26. The molecule has 98 valence electrons. The van der Waals surface area contributed by atoms with Gasteiger partial charge in [-0.15, -0.1) is 0 Å². The van der Waals surface area contributed by atoms with Gasteiger partial charge in [0.15, 0.2) is 6.29 Å². The number of carbonyl (C=O) groups is 1. The highest BCUT2D eigenvalue weighted by molar-refractivity contribution is 6.32. The summed E-state index contributed by atoms with van der Waals surface area (Å²) in [5.41, 5.74) is 3.04. The highest BCUT2D eigenvalue weighted by atomic mass is 35.5. The summed E-state index contributed by atoms with van der Waals surface area (Å²) < 4.78 is 0. The molecule has 0 N–H and O–H groups in total. The average Bonchev–Trinajstić information content (AvgIpc) is 2.38. The van der Waals surface area contributed by atoms with Gasteiger partial charge in [-0.25, -0.2) is 9.97 Å². The van der Waals surface area contributed by atoms with Crippen molar-refractivity contribution in [3.05, 3.63) is 46.4 Å². The Kier molecular flexibility index (Phi) is 3.96. The van der Waals surface area contributed by atoms with E-state index in [2.05, 4.69) is 23.8 Å². The van der Waals surface area contributed by atoms with Crippen molar-refractivity contribution in [1.29, 1.82) is 0 Å². The number of aldehydes is 1. The third-order valence-electron chi connectivity index (χ3n) is 2.98. The molecule has 2 rings (SSSR count). The first-order valence-corrected chi connectivity index (χ1v) is 6.50. The summed E-state index contributed by atoms with van der Waals surface area (Å²) in [5.74, 6) is 1.02. The molecule has 0 aliphatic carbocycles. The third kappa shape index (κ3) is 2.82. The van der Waals surface area contributed by atoms with Crippen molar-refractivity contribution in [1.82, 2.24) is 9.97 Å². The maximum absolute atomic E-state index is 11.1. The monoisotopic (exact) mass is 274 g/mol. The topological polar surface area (TPSA) is 42.9 Å². The molecule has 0 aliphatic heterocycles. The Labute approximate surface area is 117 Å². The van der Waals surface area contributed by atoms with Crippen LogP contribution in [0.2, 0.25) is 5.15 Å². The van der Waals surface area contributed by atoms with Crippen LogP contribution in [0.3, 0.4) is 0 Å². The first-order chi connectivity index (χ1) is 9.02. The smallest absolute Gasteiger partial charge is 0.155 e. The van der Waals surface area contributed by atoms with Crippen molar-refractivity contribution in [2.24, 2.45) is 0 Å². The van der Waals surface area contributed by atoms with Crippen LogP contribution in [-0.2, 0) is 0 Å². The van der Waals surface area contributed by atoms with Gasteiger partial charge in [-0.05, 0) is 18.4 Å². The number of rotatable bonds is 3. The van der Waals surface area contributed by atoms with E-state index in [4.69, 9.17) is 11.6 Å². The lowest BCUT2D eigenvalue weighted by molar-refractivity contribution is 0.112. The molecule has 1 aromatic heterocycles. The minimum absolute atomic E-state index is 0.199. The molecule has 0 aliphatic rings. The second-order valence-electron chi connectivity index (χ2n) is 4.72. The van der Waals surface area contributed by atoms with Gasteiger partial charge in [-0.2, -0.15) is 0 Å².